The molecule has 2 N–H and O–H groups in total. The molecule has 3 heteroatoms. The van der Waals surface area contributed by atoms with Crippen molar-refractivity contribution in [1.29, 1.82) is 0 Å². The Hall–Kier alpha value is -2.00. The zero-order valence-corrected chi connectivity index (χ0v) is 12.2. The lowest BCUT2D eigenvalue weighted by atomic mass is 10.0. The normalized spacial score (nSPS) is 15.8. The molecule has 3 rings (SSSR count). The van der Waals surface area contributed by atoms with Crippen molar-refractivity contribution in [2.75, 3.05) is 24.6 Å². The number of anilines is 1. The first-order chi connectivity index (χ1) is 10.3. The van der Waals surface area contributed by atoms with E-state index in [2.05, 4.69) is 29.2 Å². The minimum absolute atomic E-state index is 0.0857. The molecule has 0 saturated carbocycles. The fourth-order valence-electron chi connectivity index (χ4n) is 2.79. The second-order valence-electron chi connectivity index (χ2n) is 5.46. The Balaban J connectivity index is 1.68. The Labute approximate surface area is 126 Å². The van der Waals surface area contributed by atoms with Gasteiger partial charge in [-0.1, -0.05) is 42.5 Å². The molecule has 0 aromatic heterocycles. The van der Waals surface area contributed by atoms with Crippen LogP contribution < -0.4 is 15.4 Å². The topological polar surface area (TPSA) is 38.5 Å². The minimum Gasteiger partial charge on any atom is -0.491 e. The summed E-state index contributed by atoms with van der Waals surface area (Å²) in [6.07, 6.45) is 1.99. The number of hydrogen-bond donors (Lipinski definition) is 1. The summed E-state index contributed by atoms with van der Waals surface area (Å²) in [5.74, 6) is 0.989. The van der Waals surface area contributed by atoms with Gasteiger partial charge in [-0.15, -0.1) is 0 Å². The highest BCUT2D eigenvalue weighted by molar-refractivity contribution is 5.58. The van der Waals surface area contributed by atoms with Crippen LogP contribution in [0, 0.1) is 0 Å². The van der Waals surface area contributed by atoms with Crippen molar-refractivity contribution >= 4 is 5.69 Å². The van der Waals surface area contributed by atoms with Gasteiger partial charge in [-0.2, -0.15) is 0 Å². The molecule has 0 spiro atoms. The molecular weight excluding hydrogens is 260 g/mol. The van der Waals surface area contributed by atoms with Crippen molar-refractivity contribution in [2.24, 2.45) is 5.73 Å². The Morgan fingerprint density at radius 3 is 2.67 bits per heavy atom. The van der Waals surface area contributed by atoms with Gasteiger partial charge < -0.3 is 15.4 Å². The summed E-state index contributed by atoms with van der Waals surface area (Å²) in [6, 6.07) is 18.7. The lowest BCUT2D eigenvalue weighted by molar-refractivity contribution is 0.322. The van der Waals surface area contributed by atoms with Crippen LogP contribution in [0.4, 0.5) is 5.69 Å². The molecular formula is C18H22N2O. The summed E-state index contributed by atoms with van der Waals surface area (Å²) in [6.45, 7) is 2.77. The SMILES string of the molecule is N[C@@H](CCN1CCCOc2ccccc21)c1ccccc1. The highest BCUT2D eigenvalue weighted by atomic mass is 16.5. The van der Waals surface area contributed by atoms with Crippen molar-refractivity contribution in [3.05, 3.63) is 60.2 Å². The summed E-state index contributed by atoms with van der Waals surface area (Å²) in [4.78, 5) is 2.39. The number of fused-ring (bicyclic) bond motifs is 1. The van der Waals surface area contributed by atoms with Gasteiger partial charge in [0, 0.05) is 19.1 Å². The first-order valence-electron chi connectivity index (χ1n) is 7.62. The molecule has 110 valence electrons. The third-order valence-electron chi connectivity index (χ3n) is 3.97. The lowest BCUT2D eigenvalue weighted by Gasteiger charge is -2.25. The fourth-order valence-corrected chi connectivity index (χ4v) is 2.79. The van der Waals surface area contributed by atoms with Crippen molar-refractivity contribution in [2.45, 2.75) is 18.9 Å². The van der Waals surface area contributed by atoms with Crippen LogP contribution in [0.2, 0.25) is 0 Å². The maximum atomic E-state index is 6.31. The molecule has 0 unspecified atom stereocenters. The van der Waals surface area contributed by atoms with E-state index < -0.39 is 0 Å². The van der Waals surface area contributed by atoms with E-state index in [0.717, 1.165) is 38.3 Å². The van der Waals surface area contributed by atoms with Gasteiger partial charge in [0.25, 0.3) is 0 Å². The standard InChI is InChI=1S/C18H22N2O/c19-16(15-7-2-1-3-8-15)11-13-20-12-6-14-21-18-10-5-4-9-17(18)20/h1-5,7-10,16H,6,11-14,19H2/t16-/m0/s1. The van der Waals surface area contributed by atoms with Gasteiger partial charge in [0.05, 0.1) is 12.3 Å². The molecule has 3 nitrogen and oxygen atoms in total. The van der Waals surface area contributed by atoms with E-state index in [1.807, 2.05) is 30.3 Å². The maximum Gasteiger partial charge on any atom is 0.142 e. The summed E-state index contributed by atoms with van der Waals surface area (Å²) in [7, 11) is 0. The minimum atomic E-state index is 0.0857. The van der Waals surface area contributed by atoms with Crippen LogP contribution in [0.3, 0.4) is 0 Å². The van der Waals surface area contributed by atoms with E-state index >= 15 is 0 Å². The van der Waals surface area contributed by atoms with Gasteiger partial charge in [-0.25, -0.2) is 0 Å². The summed E-state index contributed by atoms with van der Waals surface area (Å²) >= 11 is 0. The van der Waals surface area contributed by atoms with Crippen molar-refractivity contribution in [1.82, 2.24) is 0 Å². The van der Waals surface area contributed by atoms with E-state index in [1.165, 1.54) is 11.3 Å². The lowest BCUT2D eigenvalue weighted by Crippen LogP contribution is -2.27. The van der Waals surface area contributed by atoms with Crippen molar-refractivity contribution < 1.29 is 4.74 Å². The van der Waals surface area contributed by atoms with Gasteiger partial charge >= 0.3 is 0 Å². The van der Waals surface area contributed by atoms with Crippen LogP contribution in [-0.2, 0) is 0 Å². The predicted molar refractivity (Wildman–Crippen MR) is 86.8 cm³/mol. The summed E-state index contributed by atoms with van der Waals surface area (Å²) in [5.41, 5.74) is 8.71. The first-order valence-corrected chi connectivity index (χ1v) is 7.62. The molecule has 0 amide bonds. The second-order valence-corrected chi connectivity index (χ2v) is 5.46. The molecule has 1 atom stereocenters. The highest BCUT2D eigenvalue weighted by Gasteiger charge is 2.16. The molecule has 0 fully saturated rings. The van der Waals surface area contributed by atoms with Crippen LogP contribution in [0.5, 0.6) is 5.75 Å². The Morgan fingerprint density at radius 2 is 1.81 bits per heavy atom. The van der Waals surface area contributed by atoms with Crippen LogP contribution in [0.25, 0.3) is 0 Å². The van der Waals surface area contributed by atoms with Crippen molar-refractivity contribution in [3.63, 3.8) is 0 Å². The second kappa shape index (κ2) is 6.64. The van der Waals surface area contributed by atoms with E-state index in [0.29, 0.717) is 0 Å². The molecule has 1 aliphatic rings. The number of benzene rings is 2. The molecule has 0 saturated heterocycles. The van der Waals surface area contributed by atoms with Gasteiger partial charge in [0.2, 0.25) is 0 Å². The molecule has 21 heavy (non-hydrogen) atoms. The molecule has 0 aliphatic carbocycles. The smallest absolute Gasteiger partial charge is 0.142 e. The number of para-hydroxylation sites is 2. The number of ether oxygens (including phenoxy) is 1. The number of hydrogen-bond acceptors (Lipinski definition) is 3. The summed E-state index contributed by atoms with van der Waals surface area (Å²) in [5, 5.41) is 0. The van der Waals surface area contributed by atoms with Gasteiger partial charge in [-0.05, 0) is 30.5 Å². The zero-order valence-electron chi connectivity index (χ0n) is 12.2. The molecule has 2 aromatic carbocycles. The predicted octanol–water partition coefficient (Wildman–Crippen LogP) is 3.37. The molecule has 1 aliphatic heterocycles. The molecule has 0 radical (unpaired) electrons. The third-order valence-corrected chi connectivity index (χ3v) is 3.97. The first kappa shape index (κ1) is 14.0. The highest BCUT2D eigenvalue weighted by Crippen LogP contribution is 2.31. The van der Waals surface area contributed by atoms with Crippen LogP contribution in [-0.4, -0.2) is 19.7 Å². The van der Waals surface area contributed by atoms with E-state index in [4.69, 9.17) is 10.5 Å². The summed E-state index contributed by atoms with van der Waals surface area (Å²) < 4.78 is 5.80. The van der Waals surface area contributed by atoms with Crippen LogP contribution in [0.15, 0.2) is 54.6 Å². The van der Waals surface area contributed by atoms with Crippen LogP contribution in [0.1, 0.15) is 24.4 Å². The quantitative estimate of drug-likeness (QED) is 0.934. The van der Waals surface area contributed by atoms with Crippen molar-refractivity contribution in [3.8, 4) is 5.75 Å². The van der Waals surface area contributed by atoms with Crippen LogP contribution >= 0.6 is 0 Å². The molecule has 0 bridgehead atoms. The Bertz CT molecular complexity index is 570. The number of rotatable bonds is 4. The van der Waals surface area contributed by atoms with Gasteiger partial charge in [0.1, 0.15) is 5.75 Å². The average molecular weight is 282 g/mol. The number of nitrogens with zero attached hydrogens (tertiary/aromatic N) is 1. The fraction of sp³-hybridized carbons (Fsp3) is 0.333. The van der Waals surface area contributed by atoms with Gasteiger partial charge in [-0.3, -0.25) is 0 Å². The van der Waals surface area contributed by atoms with Gasteiger partial charge in [0.15, 0.2) is 0 Å². The molecule has 1 heterocycles. The Morgan fingerprint density at radius 1 is 1.05 bits per heavy atom. The average Bonchev–Trinajstić information content (AvgIpc) is 2.76. The largest absolute Gasteiger partial charge is 0.491 e. The van der Waals surface area contributed by atoms with E-state index in [1.54, 1.807) is 0 Å². The number of nitrogens with two attached hydrogens (primary N) is 1. The third kappa shape index (κ3) is 3.37. The monoisotopic (exact) mass is 282 g/mol. The Kier molecular flexibility index (Phi) is 4.41. The van der Waals surface area contributed by atoms with E-state index in [-0.39, 0.29) is 6.04 Å². The zero-order chi connectivity index (χ0) is 14.5. The maximum absolute atomic E-state index is 6.31. The van der Waals surface area contributed by atoms with E-state index in [9.17, 15) is 0 Å². The molecule has 2 aromatic rings.